The molecule has 85 valence electrons. The molecule has 0 spiro atoms. The van der Waals surface area contributed by atoms with Crippen molar-refractivity contribution in [1.82, 2.24) is 4.98 Å². The molecule has 0 amide bonds. The Balaban J connectivity index is 2.57. The lowest BCUT2D eigenvalue weighted by Crippen LogP contribution is -2.01. The highest BCUT2D eigenvalue weighted by Crippen LogP contribution is 2.27. The quantitative estimate of drug-likeness (QED) is 0.854. The first-order valence-corrected chi connectivity index (χ1v) is 7.04. The van der Waals surface area contributed by atoms with E-state index in [-0.39, 0.29) is 5.75 Å². The summed E-state index contributed by atoms with van der Waals surface area (Å²) in [6.07, 6.45) is 0.574. The van der Waals surface area contributed by atoms with Crippen LogP contribution < -0.4 is 0 Å². The predicted octanol–water partition coefficient (Wildman–Crippen LogP) is 2.06. The Morgan fingerprint density at radius 2 is 2.19 bits per heavy atom. The van der Waals surface area contributed by atoms with Crippen LogP contribution in [0.25, 0.3) is 10.2 Å². The Bertz CT molecular complexity index is 616. The van der Waals surface area contributed by atoms with Gasteiger partial charge in [0.1, 0.15) is 5.75 Å². The van der Waals surface area contributed by atoms with Crippen LogP contribution in [0.15, 0.2) is 18.2 Å². The number of hydrogen-bond donors (Lipinski definition) is 1. The summed E-state index contributed by atoms with van der Waals surface area (Å²) >= 11 is 1.42. The second kappa shape index (κ2) is 4.12. The van der Waals surface area contributed by atoms with Crippen LogP contribution in [-0.2, 0) is 22.3 Å². The van der Waals surface area contributed by atoms with Gasteiger partial charge in [-0.15, -0.1) is 11.3 Å². The zero-order valence-corrected chi connectivity index (χ0v) is 10.0. The monoisotopic (exact) mass is 256 g/mol. The van der Waals surface area contributed by atoms with Gasteiger partial charge in [-0.05, 0) is 25.0 Å². The standard InChI is InChI=1S/C10H10NO3S2/c1-2-9-11-8-5-3-4-7(10(8)15-9)6-16(12,13)14/h3-5H,1-2,6H2,(H,12,13,14). The van der Waals surface area contributed by atoms with E-state index < -0.39 is 10.1 Å². The maximum absolute atomic E-state index is 10.8. The molecule has 0 aliphatic heterocycles. The SMILES string of the molecule is [CH2]Cc1nc2cccc(CS(=O)(=O)O)c2s1. The summed E-state index contributed by atoms with van der Waals surface area (Å²) in [5, 5.41) is 0.859. The van der Waals surface area contributed by atoms with Gasteiger partial charge in [-0.2, -0.15) is 8.42 Å². The minimum absolute atomic E-state index is 0.372. The molecule has 4 nitrogen and oxygen atoms in total. The van der Waals surface area contributed by atoms with Crippen LogP contribution in [0.2, 0.25) is 0 Å². The summed E-state index contributed by atoms with van der Waals surface area (Å²) in [6.45, 7) is 3.74. The lowest BCUT2D eigenvalue weighted by molar-refractivity contribution is 0.482. The Morgan fingerprint density at radius 1 is 1.44 bits per heavy atom. The normalized spacial score (nSPS) is 12.1. The van der Waals surface area contributed by atoms with Crippen LogP contribution in [0.4, 0.5) is 0 Å². The Kier molecular flexibility index (Phi) is 2.96. The molecule has 2 rings (SSSR count). The van der Waals surface area contributed by atoms with Gasteiger partial charge in [0.25, 0.3) is 10.1 Å². The van der Waals surface area contributed by atoms with Crippen molar-refractivity contribution in [2.24, 2.45) is 0 Å². The van der Waals surface area contributed by atoms with Crippen LogP contribution in [0, 0.1) is 6.92 Å². The molecular weight excluding hydrogens is 246 g/mol. The largest absolute Gasteiger partial charge is 0.285 e. The summed E-state index contributed by atoms with van der Waals surface area (Å²) in [5.41, 5.74) is 1.34. The van der Waals surface area contributed by atoms with Gasteiger partial charge < -0.3 is 0 Å². The van der Waals surface area contributed by atoms with Crippen molar-refractivity contribution in [2.45, 2.75) is 12.2 Å². The molecule has 0 aliphatic carbocycles. The summed E-state index contributed by atoms with van der Waals surface area (Å²) in [6, 6.07) is 5.23. The number of thiazole rings is 1. The molecule has 6 heteroatoms. The first kappa shape index (κ1) is 11.5. The topological polar surface area (TPSA) is 67.3 Å². The lowest BCUT2D eigenvalue weighted by atomic mass is 10.2. The van der Waals surface area contributed by atoms with E-state index in [1.807, 2.05) is 6.07 Å². The molecule has 0 aliphatic rings. The fraction of sp³-hybridized carbons (Fsp3) is 0.200. The molecule has 0 atom stereocenters. The molecule has 1 N–H and O–H groups in total. The Hall–Kier alpha value is -0.980. The molecule has 1 aromatic heterocycles. The zero-order valence-electron chi connectivity index (χ0n) is 8.38. The first-order valence-electron chi connectivity index (χ1n) is 4.61. The molecule has 0 saturated heterocycles. The third-order valence-electron chi connectivity index (χ3n) is 2.09. The second-order valence-corrected chi connectivity index (χ2v) is 5.89. The Morgan fingerprint density at radius 3 is 2.81 bits per heavy atom. The van der Waals surface area contributed by atoms with Crippen LogP contribution in [0.1, 0.15) is 10.6 Å². The molecule has 1 aromatic carbocycles. The zero-order chi connectivity index (χ0) is 11.8. The fourth-order valence-corrected chi connectivity index (χ4v) is 3.17. The molecule has 0 unspecified atom stereocenters. The third kappa shape index (κ3) is 2.40. The van der Waals surface area contributed by atoms with E-state index in [2.05, 4.69) is 11.9 Å². The van der Waals surface area contributed by atoms with E-state index in [9.17, 15) is 8.42 Å². The molecule has 0 fully saturated rings. The van der Waals surface area contributed by atoms with E-state index in [0.29, 0.717) is 12.0 Å². The van der Waals surface area contributed by atoms with Crippen LogP contribution in [-0.4, -0.2) is 18.0 Å². The average molecular weight is 256 g/mol. The van der Waals surface area contributed by atoms with E-state index in [1.165, 1.54) is 11.3 Å². The van der Waals surface area contributed by atoms with Gasteiger partial charge in [-0.25, -0.2) is 4.98 Å². The molecule has 2 aromatic rings. The summed E-state index contributed by atoms with van der Waals surface area (Å²) in [5.74, 6) is -0.372. The number of benzene rings is 1. The number of fused-ring (bicyclic) bond motifs is 1. The lowest BCUT2D eigenvalue weighted by Gasteiger charge is -1.98. The van der Waals surface area contributed by atoms with Crippen LogP contribution >= 0.6 is 11.3 Å². The maximum atomic E-state index is 10.8. The van der Waals surface area contributed by atoms with Gasteiger partial charge in [0, 0.05) is 0 Å². The summed E-state index contributed by atoms with van der Waals surface area (Å²) in [4.78, 5) is 4.30. The number of hydrogen-bond acceptors (Lipinski definition) is 4. The van der Waals surface area contributed by atoms with Crippen molar-refractivity contribution in [2.75, 3.05) is 0 Å². The van der Waals surface area contributed by atoms with Crippen molar-refractivity contribution in [3.05, 3.63) is 35.7 Å². The highest BCUT2D eigenvalue weighted by molar-refractivity contribution is 7.85. The molecular formula is C10H10NO3S2. The van der Waals surface area contributed by atoms with Gasteiger partial charge >= 0.3 is 0 Å². The first-order chi connectivity index (χ1) is 7.49. The highest BCUT2D eigenvalue weighted by Gasteiger charge is 2.12. The van der Waals surface area contributed by atoms with E-state index >= 15 is 0 Å². The van der Waals surface area contributed by atoms with Crippen molar-refractivity contribution in [3.63, 3.8) is 0 Å². The number of nitrogens with zero attached hydrogens (tertiary/aromatic N) is 1. The second-order valence-electron chi connectivity index (χ2n) is 3.35. The Labute approximate surface area is 97.7 Å². The molecule has 1 heterocycles. The number of rotatable bonds is 3. The number of aromatic nitrogens is 1. The van der Waals surface area contributed by atoms with Crippen molar-refractivity contribution in [3.8, 4) is 0 Å². The third-order valence-corrected chi connectivity index (χ3v) is 3.97. The van der Waals surface area contributed by atoms with Crippen LogP contribution in [0.5, 0.6) is 0 Å². The molecule has 1 radical (unpaired) electrons. The van der Waals surface area contributed by atoms with E-state index in [4.69, 9.17) is 4.55 Å². The van der Waals surface area contributed by atoms with Crippen molar-refractivity contribution >= 4 is 31.7 Å². The van der Waals surface area contributed by atoms with Gasteiger partial charge in [0.2, 0.25) is 0 Å². The molecule has 16 heavy (non-hydrogen) atoms. The van der Waals surface area contributed by atoms with E-state index in [1.54, 1.807) is 12.1 Å². The van der Waals surface area contributed by atoms with Gasteiger partial charge in [-0.1, -0.05) is 12.1 Å². The van der Waals surface area contributed by atoms with Crippen molar-refractivity contribution < 1.29 is 13.0 Å². The van der Waals surface area contributed by atoms with Gasteiger partial charge in [0.15, 0.2) is 0 Å². The predicted molar refractivity (Wildman–Crippen MR) is 63.9 cm³/mol. The highest BCUT2D eigenvalue weighted by atomic mass is 32.2. The van der Waals surface area contributed by atoms with Gasteiger partial charge in [-0.3, -0.25) is 4.55 Å². The smallest absolute Gasteiger partial charge is 0.269 e. The average Bonchev–Trinajstić information content (AvgIpc) is 2.59. The minimum atomic E-state index is -4.00. The summed E-state index contributed by atoms with van der Waals surface area (Å²) in [7, 11) is -4.00. The maximum Gasteiger partial charge on any atom is 0.269 e. The fourth-order valence-electron chi connectivity index (χ4n) is 1.47. The van der Waals surface area contributed by atoms with E-state index in [0.717, 1.165) is 15.2 Å². The molecule has 0 saturated carbocycles. The van der Waals surface area contributed by atoms with Crippen LogP contribution in [0.3, 0.4) is 0 Å². The van der Waals surface area contributed by atoms with Gasteiger partial charge in [0.05, 0.1) is 15.2 Å². The van der Waals surface area contributed by atoms with Crippen molar-refractivity contribution in [1.29, 1.82) is 0 Å². The summed E-state index contributed by atoms with van der Waals surface area (Å²) < 4.78 is 31.3. The molecule has 0 bridgehead atoms. The minimum Gasteiger partial charge on any atom is -0.285 e.